The van der Waals surface area contributed by atoms with Crippen molar-refractivity contribution in [3.63, 3.8) is 0 Å². The van der Waals surface area contributed by atoms with E-state index in [1.54, 1.807) is 0 Å². The lowest BCUT2D eigenvalue weighted by Crippen LogP contribution is -2.34. The molecular weight excluding hydrogens is 434 g/mol. The van der Waals surface area contributed by atoms with Gasteiger partial charge in [0.25, 0.3) is 0 Å². The minimum Gasteiger partial charge on any atom is -0.473 e. The fourth-order valence-electron chi connectivity index (χ4n) is 4.87. The van der Waals surface area contributed by atoms with Gasteiger partial charge in [-0.15, -0.1) is 0 Å². The smallest absolute Gasteiger partial charge is 0.412 e. The lowest BCUT2D eigenvalue weighted by Gasteiger charge is -2.32. The first-order chi connectivity index (χ1) is 16.3. The van der Waals surface area contributed by atoms with Gasteiger partial charge in [-0.3, -0.25) is 10.1 Å². The highest BCUT2D eigenvalue weighted by molar-refractivity contribution is 5.91. The summed E-state index contributed by atoms with van der Waals surface area (Å²) in [7, 11) is 0. The molecule has 1 saturated carbocycles. The van der Waals surface area contributed by atoms with Crippen LogP contribution in [0.4, 0.5) is 10.5 Å². The molecule has 2 aliphatic heterocycles. The third-order valence-corrected chi connectivity index (χ3v) is 6.98. The summed E-state index contributed by atoms with van der Waals surface area (Å²) in [4.78, 5) is 33.3. The van der Waals surface area contributed by atoms with E-state index in [-0.39, 0.29) is 17.9 Å². The number of carbonyl (C=O) groups is 2. The first-order valence-corrected chi connectivity index (χ1v) is 11.7. The highest BCUT2D eigenvalue weighted by atomic mass is 16.6. The van der Waals surface area contributed by atoms with E-state index in [0.717, 1.165) is 35.0 Å². The maximum absolute atomic E-state index is 12.1. The van der Waals surface area contributed by atoms with Gasteiger partial charge in [0.2, 0.25) is 11.8 Å². The molecule has 9 heteroatoms. The number of carbonyl (C=O) groups excluding carboxylic acids is 2. The van der Waals surface area contributed by atoms with Crippen LogP contribution in [0.25, 0.3) is 22.3 Å². The Labute approximate surface area is 196 Å². The van der Waals surface area contributed by atoms with Crippen LogP contribution in [0, 0.1) is 5.92 Å². The number of aromatic nitrogens is 3. The van der Waals surface area contributed by atoms with Gasteiger partial charge in [-0.05, 0) is 45.7 Å². The van der Waals surface area contributed by atoms with Gasteiger partial charge in [-0.25, -0.2) is 14.8 Å². The Balaban J connectivity index is 1.42. The van der Waals surface area contributed by atoms with E-state index < -0.39 is 11.7 Å². The van der Waals surface area contributed by atoms with Crippen molar-refractivity contribution >= 4 is 28.7 Å². The predicted octanol–water partition coefficient (Wildman–Crippen LogP) is 4.13. The van der Waals surface area contributed by atoms with Gasteiger partial charge >= 0.3 is 6.09 Å². The van der Waals surface area contributed by atoms with E-state index in [1.165, 1.54) is 0 Å². The average Bonchev–Trinajstić information content (AvgIpc) is 3.38. The second kappa shape index (κ2) is 7.44. The summed E-state index contributed by atoms with van der Waals surface area (Å²) in [6.45, 7) is 6.33. The highest BCUT2D eigenvalue weighted by Crippen LogP contribution is 2.42. The molecule has 1 aromatic carbocycles. The molecule has 2 amide bonds. The van der Waals surface area contributed by atoms with Crippen molar-refractivity contribution in [3.8, 4) is 17.1 Å². The van der Waals surface area contributed by atoms with Crippen LogP contribution in [0.2, 0.25) is 0 Å². The molecular formula is C25H27N5O4. The van der Waals surface area contributed by atoms with Gasteiger partial charge in [0.05, 0.1) is 23.2 Å². The van der Waals surface area contributed by atoms with Crippen LogP contribution in [-0.4, -0.2) is 39.2 Å². The molecule has 9 nitrogen and oxygen atoms in total. The van der Waals surface area contributed by atoms with Gasteiger partial charge in [0.15, 0.2) is 0 Å². The highest BCUT2D eigenvalue weighted by Gasteiger charge is 2.34. The Morgan fingerprint density at radius 1 is 1.24 bits per heavy atom. The maximum Gasteiger partial charge on any atom is 0.412 e. The van der Waals surface area contributed by atoms with E-state index in [2.05, 4.69) is 20.2 Å². The number of anilines is 1. The zero-order valence-electron chi connectivity index (χ0n) is 19.4. The maximum atomic E-state index is 12.1. The monoisotopic (exact) mass is 461 g/mol. The molecule has 4 heterocycles. The number of hydrogen-bond acceptors (Lipinski definition) is 6. The molecule has 3 aliphatic rings. The van der Waals surface area contributed by atoms with Gasteiger partial charge in [-0.2, -0.15) is 0 Å². The van der Waals surface area contributed by atoms with Crippen molar-refractivity contribution in [1.82, 2.24) is 19.9 Å². The van der Waals surface area contributed by atoms with Crippen molar-refractivity contribution < 1.29 is 19.1 Å². The van der Waals surface area contributed by atoms with Crippen molar-refractivity contribution in [1.29, 1.82) is 0 Å². The number of nitrogens with zero attached hydrogens (tertiary/aromatic N) is 3. The minimum atomic E-state index is -0.715. The number of pyridine rings is 1. The summed E-state index contributed by atoms with van der Waals surface area (Å²) >= 11 is 0. The minimum absolute atomic E-state index is 0.0540. The number of imidazole rings is 1. The Bertz CT molecular complexity index is 1330. The lowest BCUT2D eigenvalue weighted by atomic mass is 9.93. The van der Waals surface area contributed by atoms with Crippen molar-refractivity contribution in [2.24, 2.45) is 5.92 Å². The van der Waals surface area contributed by atoms with Crippen molar-refractivity contribution in [2.75, 3.05) is 11.9 Å². The van der Waals surface area contributed by atoms with Crippen LogP contribution < -0.4 is 15.4 Å². The molecule has 0 bridgehead atoms. The second-order valence-corrected chi connectivity index (χ2v) is 9.94. The average molecular weight is 462 g/mol. The number of ether oxygens (including phenoxy) is 2. The van der Waals surface area contributed by atoms with E-state index in [9.17, 15) is 9.59 Å². The molecule has 176 valence electrons. The summed E-state index contributed by atoms with van der Waals surface area (Å²) in [5.74, 6) is 0.666. The summed E-state index contributed by atoms with van der Waals surface area (Å²) < 4.78 is 14.0. The Morgan fingerprint density at radius 3 is 2.79 bits per heavy atom. The van der Waals surface area contributed by atoms with Gasteiger partial charge in [0, 0.05) is 36.1 Å². The zero-order chi connectivity index (χ0) is 23.6. The van der Waals surface area contributed by atoms with Crippen LogP contribution in [0.1, 0.15) is 51.6 Å². The summed E-state index contributed by atoms with van der Waals surface area (Å²) in [5.41, 5.74) is 4.13. The van der Waals surface area contributed by atoms with E-state index in [0.29, 0.717) is 36.3 Å². The summed E-state index contributed by atoms with van der Waals surface area (Å²) in [6.07, 6.45) is 3.89. The molecule has 1 saturated heterocycles. The van der Waals surface area contributed by atoms with Crippen molar-refractivity contribution in [3.05, 3.63) is 36.2 Å². The third-order valence-electron chi connectivity index (χ3n) is 6.98. The lowest BCUT2D eigenvalue weighted by molar-refractivity contribution is -0.119. The van der Waals surface area contributed by atoms with E-state index in [1.807, 2.05) is 51.4 Å². The number of benzene rings is 1. The largest absolute Gasteiger partial charge is 0.473 e. The molecule has 0 unspecified atom stereocenters. The summed E-state index contributed by atoms with van der Waals surface area (Å²) in [5, 5.41) is 5.68. The SMILES string of the molecule is C[C@@H](Oc1nc(-c2ccc3c(c2)NC(=O)OC3(C)C)cc2ncn(C3CC3)c12)[C@H]1CNC(=O)C1. The first kappa shape index (κ1) is 20.9. The Morgan fingerprint density at radius 2 is 2.06 bits per heavy atom. The van der Waals surface area contributed by atoms with E-state index in [4.69, 9.17) is 14.5 Å². The molecule has 1 aliphatic carbocycles. The van der Waals surface area contributed by atoms with Crippen LogP contribution in [-0.2, 0) is 15.1 Å². The van der Waals surface area contributed by atoms with Crippen LogP contribution >= 0.6 is 0 Å². The topological polar surface area (TPSA) is 107 Å². The molecule has 0 spiro atoms. The molecule has 34 heavy (non-hydrogen) atoms. The quantitative estimate of drug-likeness (QED) is 0.592. The Kier molecular flexibility index (Phi) is 4.59. The number of amides is 2. The number of nitrogens with one attached hydrogen (secondary N) is 2. The molecule has 3 aromatic rings. The van der Waals surface area contributed by atoms with Crippen LogP contribution in [0.15, 0.2) is 30.6 Å². The predicted molar refractivity (Wildman–Crippen MR) is 126 cm³/mol. The normalized spacial score (nSPS) is 22.0. The molecule has 2 fully saturated rings. The Hall–Kier alpha value is -3.62. The first-order valence-electron chi connectivity index (χ1n) is 11.7. The fourth-order valence-corrected chi connectivity index (χ4v) is 4.87. The van der Waals surface area contributed by atoms with Gasteiger partial charge in [0.1, 0.15) is 17.2 Å². The molecule has 0 radical (unpaired) electrons. The van der Waals surface area contributed by atoms with Crippen molar-refractivity contribution in [2.45, 2.75) is 57.8 Å². The summed E-state index contributed by atoms with van der Waals surface area (Å²) in [6, 6.07) is 8.22. The molecule has 2 aromatic heterocycles. The van der Waals surface area contributed by atoms with Crippen LogP contribution in [0.3, 0.4) is 0 Å². The number of fused-ring (bicyclic) bond motifs is 2. The van der Waals surface area contributed by atoms with Crippen LogP contribution in [0.5, 0.6) is 5.88 Å². The number of rotatable bonds is 5. The van der Waals surface area contributed by atoms with Gasteiger partial charge in [-0.1, -0.05) is 12.1 Å². The third kappa shape index (κ3) is 3.55. The standard InChI is InChI=1S/C25H27N5O4/c1-13(15-9-21(31)26-11-15)33-23-22-20(27-12-30(22)16-5-6-16)10-18(28-23)14-4-7-17-19(8-14)29-24(32)34-25(17,2)3/h4,7-8,10,12-13,15-16H,5-6,9,11H2,1-3H3,(H,26,31)(H,29,32)/t13-,15-/m1/s1. The number of hydrogen-bond donors (Lipinski definition) is 2. The van der Waals surface area contributed by atoms with E-state index >= 15 is 0 Å². The second-order valence-electron chi connectivity index (χ2n) is 9.94. The molecule has 2 N–H and O–H groups in total. The fraction of sp³-hybridized carbons (Fsp3) is 0.440. The number of cyclic esters (lactones) is 1. The molecule has 2 atom stereocenters. The van der Waals surface area contributed by atoms with Gasteiger partial charge < -0.3 is 19.4 Å². The molecule has 6 rings (SSSR count). The zero-order valence-corrected chi connectivity index (χ0v) is 19.4.